The minimum Gasteiger partial charge on any atom is -0.399 e. The van der Waals surface area contributed by atoms with Gasteiger partial charge in [0.1, 0.15) is 0 Å². The summed E-state index contributed by atoms with van der Waals surface area (Å²) in [6, 6.07) is 8.99. The molecule has 0 bridgehead atoms. The summed E-state index contributed by atoms with van der Waals surface area (Å²) in [6.45, 7) is 0. The maximum Gasteiger partial charge on any atom is 0.259 e. The number of nitrogen functional groups attached to an aromatic ring is 1. The molecule has 5 nitrogen and oxygen atoms in total. The number of anilines is 1. The van der Waals surface area contributed by atoms with E-state index in [4.69, 9.17) is 21.9 Å². The third-order valence-corrected chi connectivity index (χ3v) is 3.09. The average molecular weight is 287 g/mol. The zero-order chi connectivity index (χ0) is 13.9. The predicted octanol–water partition coefficient (Wildman–Crippen LogP) is 2.96. The number of aromatic nitrogens is 3. The molecule has 0 aliphatic carbocycles. The predicted molar refractivity (Wildman–Crippen MR) is 76.2 cm³/mol. The summed E-state index contributed by atoms with van der Waals surface area (Å²) in [6.07, 6.45) is 4.05. The highest BCUT2D eigenvalue weighted by molar-refractivity contribution is 6.33. The van der Waals surface area contributed by atoms with Crippen molar-refractivity contribution in [1.29, 1.82) is 0 Å². The molecule has 0 unspecified atom stereocenters. The molecule has 3 rings (SSSR count). The Labute approximate surface area is 120 Å². The maximum absolute atomic E-state index is 6.12. The number of rotatable bonds is 3. The third-order valence-electron chi connectivity index (χ3n) is 2.78. The first-order valence-corrected chi connectivity index (χ1v) is 6.37. The van der Waals surface area contributed by atoms with E-state index in [9.17, 15) is 0 Å². The van der Waals surface area contributed by atoms with E-state index >= 15 is 0 Å². The number of nitrogens with zero attached hydrogens (tertiary/aromatic N) is 3. The van der Waals surface area contributed by atoms with Crippen LogP contribution >= 0.6 is 11.6 Å². The summed E-state index contributed by atoms with van der Waals surface area (Å²) < 4.78 is 5.24. The first kappa shape index (κ1) is 12.6. The van der Waals surface area contributed by atoms with Gasteiger partial charge in [0, 0.05) is 24.5 Å². The molecule has 0 aliphatic rings. The Morgan fingerprint density at radius 2 is 2.15 bits per heavy atom. The van der Waals surface area contributed by atoms with Crippen LogP contribution in [0.3, 0.4) is 0 Å². The van der Waals surface area contributed by atoms with Gasteiger partial charge in [-0.3, -0.25) is 4.98 Å². The van der Waals surface area contributed by atoms with E-state index in [-0.39, 0.29) is 0 Å². The molecule has 2 N–H and O–H groups in total. The van der Waals surface area contributed by atoms with E-state index in [0.29, 0.717) is 34.4 Å². The van der Waals surface area contributed by atoms with Crippen LogP contribution in [-0.4, -0.2) is 15.1 Å². The molecule has 6 heteroatoms. The minimum absolute atomic E-state index is 0.383. The molecular weight excluding hydrogens is 276 g/mol. The molecule has 100 valence electrons. The summed E-state index contributed by atoms with van der Waals surface area (Å²) in [7, 11) is 0. The van der Waals surface area contributed by atoms with Crippen LogP contribution < -0.4 is 5.73 Å². The molecule has 1 aromatic carbocycles. The van der Waals surface area contributed by atoms with Gasteiger partial charge in [0.2, 0.25) is 0 Å². The van der Waals surface area contributed by atoms with Crippen molar-refractivity contribution in [2.75, 3.05) is 5.73 Å². The topological polar surface area (TPSA) is 77.8 Å². The monoisotopic (exact) mass is 286 g/mol. The van der Waals surface area contributed by atoms with Crippen LogP contribution in [0, 0.1) is 0 Å². The quantitative estimate of drug-likeness (QED) is 0.749. The van der Waals surface area contributed by atoms with Gasteiger partial charge >= 0.3 is 0 Å². The van der Waals surface area contributed by atoms with Crippen molar-refractivity contribution in [3.05, 3.63) is 59.1 Å². The lowest BCUT2D eigenvalue weighted by Gasteiger charge is -1.99. The number of nitrogens with two attached hydrogens (primary N) is 1. The number of hydrogen-bond donors (Lipinski definition) is 1. The SMILES string of the molecule is Nc1ccc(-c2nc(Cc3cccnc3)no2)c(Cl)c1. The maximum atomic E-state index is 6.12. The molecule has 2 heterocycles. The van der Waals surface area contributed by atoms with E-state index in [1.54, 1.807) is 30.6 Å². The second-order valence-electron chi connectivity index (χ2n) is 4.29. The average Bonchev–Trinajstić information content (AvgIpc) is 2.88. The van der Waals surface area contributed by atoms with Crippen molar-refractivity contribution >= 4 is 17.3 Å². The summed E-state index contributed by atoms with van der Waals surface area (Å²) in [5.74, 6) is 0.967. The van der Waals surface area contributed by atoms with Crippen LogP contribution in [0.1, 0.15) is 11.4 Å². The standard InChI is InChI=1S/C14H11ClN4O/c15-12-7-10(16)3-4-11(12)14-18-13(19-20-14)6-9-2-1-5-17-8-9/h1-5,7-8H,6,16H2. The molecule has 0 saturated carbocycles. The summed E-state index contributed by atoms with van der Waals surface area (Å²) in [5, 5.41) is 4.44. The lowest BCUT2D eigenvalue weighted by Crippen LogP contribution is -1.91. The largest absolute Gasteiger partial charge is 0.399 e. The molecule has 0 saturated heterocycles. The van der Waals surface area contributed by atoms with Gasteiger partial charge in [0.15, 0.2) is 5.82 Å². The van der Waals surface area contributed by atoms with E-state index in [1.165, 1.54) is 0 Å². The van der Waals surface area contributed by atoms with Crippen molar-refractivity contribution in [3.8, 4) is 11.5 Å². The Kier molecular flexibility index (Phi) is 3.35. The van der Waals surface area contributed by atoms with Crippen molar-refractivity contribution in [2.24, 2.45) is 0 Å². The second kappa shape index (κ2) is 5.30. The molecule has 0 atom stereocenters. The highest BCUT2D eigenvalue weighted by Crippen LogP contribution is 2.28. The third kappa shape index (κ3) is 2.62. The zero-order valence-corrected chi connectivity index (χ0v) is 11.2. The molecule has 20 heavy (non-hydrogen) atoms. The number of hydrogen-bond acceptors (Lipinski definition) is 5. The Hall–Kier alpha value is -2.40. The molecule has 0 amide bonds. The second-order valence-corrected chi connectivity index (χ2v) is 4.70. The number of pyridine rings is 1. The Bertz CT molecular complexity index is 727. The summed E-state index contributed by atoms with van der Waals surface area (Å²) in [4.78, 5) is 8.38. The number of benzene rings is 1. The van der Waals surface area contributed by atoms with Gasteiger partial charge in [0.25, 0.3) is 5.89 Å². The van der Waals surface area contributed by atoms with Crippen LogP contribution in [0.15, 0.2) is 47.2 Å². The van der Waals surface area contributed by atoms with E-state index < -0.39 is 0 Å². The van der Waals surface area contributed by atoms with Crippen molar-refractivity contribution in [1.82, 2.24) is 15.1 Å². The Morgan fingerprint density at radius 1 is 1.25 bits per heavy atom. The van der Waals surface area contributed by atoms with Crippen LogP contribution in [0.5, 0.6) is 0 Å². The van der Waals surface area contributed by atoms with Crippen molar-refractivity contribution in [2.45, 2.75) is 6.42 Å². The van der Waals surface area contributed by atoms with Crippen LogP contribution in [0.25, 0.3) is 11.5 Å². The van der Waals surface area contributed by atoms with Crippen molar-refractivity contribution < 1.29 is 4.52 Å². The van der Waals surface area contributed by atoms with E-state index in [1.807, 2.05) is 12.1 Å². The first-order valence-electron chi connectivity index (χ1n) is 5.99. The molecule has 0 radical (unpaired) electrons. The van der Waals surface area contributed by atoms with Gasteiger partial charge in [-0.2, -0.15) is 4.98 Å². The van der Waals surface area contributed by atoms with Gasteiger partial charge in [-0.1, -0.05) is 22.8 Å². The van der Waals surface area contributed by atoms with Gasteiger partial charge in [-0.25, -0.2) is 0 Å². The molecular formula is C14H11ClN4O. The molecule has 0 aliphatic heterocycles. The molecule has 3 aromatic rings. The summed E-state index contributed by atoms with van der Waals surface area (Å²) >= 11 is 6.12. The van der Waals surface area contributed by atoms with Gasteiger partial charge in [-0.15, -0.1) is 0 Å². The summed E-state index contributed by atoms with van der Waals surface area (Å²) in [5.41, 5.74) is 7.94. The Balaban J connectivity index is 1.87. The highest BCUT2D eigenvalue weighted by atomic mass is 35.5. The fraction of sp³-hybridized carbons (Fsp3) is 0.0714. The molecule has 2 aromatic heterocycles. The fourth-order valence-electron chi connectivity index (χ4n) is 1.83. The van der Waals surface area contributed by atoms with E-state index in [2.05, 4.69) is 15.1 Å². The normalized spacial score (nSPS) is 10.7. The first-order chi connectivity index (χ1) is 9.72. The van der Waals surface area contributed by atoms with Crippen LogP contribution in [-0.2, 0) is 6.42 Å². The lowest BCUT2D eigenvalue weighted by molar-refractivity contribution is 0.424. The molecule has 0 spiro atoms. The van der Waals surface area contributed by atoms with Crippen molar-refractivity contribution in [3.63, 3.8) is 0 Å². The van der Waals surface area contributed by atoms with Crippen LogP contribution in [0.4, 0.5) is 5.69 Å². The van der Waals surface area contributed by atoms with E-state index in [0.717, 1.165) is 5.56 Å². The van der Waals surface area contributed by atoms with Gasteiger partial charge < -0.3 is 10.3 Å². The Morgan fingerprint density at radius 3 is 2.90 bits per heavy atom. The smallest absolute Gasteiger partial charge is 0.259 e. The van der Waals surface area contributed by atoms with Crippen LogP contribution in [0.2, 0.25) is 5.02 Å². The van der Waals surface area contributed by atoms with Gasteiger partial charge in [-0.05, 0) is 29.8 Å². The lowest BCUT2D eigenvalue weighted by atomic mass is 10.2. The minimum atomic E-state index is 0.383. The molecule has 0 fully saturated rings. The number of halogens is 1. The van der Waals surface area contributed by atoms with Gasteiger partial charge in [0.05, 0.1) is 10.6 Å². The fourth-order valence-corrected chi connectivity index (χ4v) is 2.10. The zero-order valence-electron chi connectivity index (χ0n) is 10.5. The highest BCUT2D eigenvalue weighted by Gasteiger charge is 2.12.